The highest BCUT2D eigenvalue weighted by atomic mass is 35.5. The van der Waals surface area contributed by atoms with E-state index in [2.05, 4.69) is 15.0 Å². The van der Waals surface area contributed by atoms with Gasteiger partial charge in [0.1, 0.15) is 18.3 Å². The average molecular weight is 528 g/mol. The quantitative estimate of drug-likeness (QED) is 0.405. The summed E-state index contributed by atoms with van der Waals surface area (Å²) >= 11 is 6.55. The van der Waals surface area contributed by atoms with Crippen LogP contribution < -0.4 is 4.74 Å². The second-order valence-electron chi connectivity index (χ2n) is 8.90. The van der Waals surface area contributed by atoms with Crippen LogP contribution in [0.3, 0.4) is 0 Å². The number of aliphatic hydroxyl groups excluding tert-OH is 1. The minimum atomic E-state index is -3.37. The molecule has 4 unspecified atom stereocenters. The van der Waals surface area contributed by atoms with E-state index < -0.39 is 28.1 Å². The zero-order valence-electron chi connectivity index (χ0n) is 19.1. The number of rotatable bonds is 5. The third-order valence-electron chi connectivity index (χ3n) is 6.41. The third-order valence-corrected chi connectivity index (χ3v) is 7.85. The minimum Gasteiger partial charge on any atom is -0.456 e. The van der Waals surface area contributed by atoms with Gasteiger partial charge in [-0.15, -0.1) is 0 Å². The van der Waals surface area contributed by atoms with E-state index in [9.17, 15) is 13.5 Å². The molecule has 0 spiro atoms. The van der Waals surface area contributed by atoms with Crippen LogP contribution in [0.4, 0.5) is 0 Å². The molecule has 0 radical (unpaired) electrons. The van der Waals surface area contributed by atoms with Crippen molar-refractivity contribution in [2.75, 3.05) is 19.5 Å². The molecular formula is C25H22ClN3O6S. The first-order valence-corrected chi connectivity index (χ1v) is 13.6. The Labute approximate surface area is 211 Å². The highest BCUT2D eigenvalue weighted by Crippen LogP contribution is 2.34. The topological polar surface area (TPSA) is 124 Å². The Hall–Kier alpha value is -3.02. The molecule has 0 bridgehead atoms. The first-order chi connectivity index (χ1) is 17.3. The molecule has 36 heavy (non-hydrogen) atoms. The summed E-state index contributed by atoms with van der Waals surface area (Å²) in [5, 5.41) is 10.3. The van der Waals surface area contributed by atoms with Crippen molar-refractivity contribution in [2.24, 2.45) is 0 Å². The molecule has 2 saturated heterocycles. The summed E-state index contributed by atoms with van der Waals surface area (Å²) in [6.07, 6.45) is -0.612. The second kappa shape index (κ2) is 8.82. The van der Waals surface area contributed by atoms with E-state index in [0.29, 0.717) is 27.4 Å². The second-order valence-corrected chi connectivity index (χ2v) is 11.3. The fourth-order valence-corrected chi connectivity index (χ4v) is 5.85. The largest absolute Gasteiger partial charge is 0.456 e. The van der Waals surface area contributed by atoms with E-state index >= 15 is 0 Å². The Bertz CT molecular complexity index is 1560. The number of ether oxygens (including phenoxy) is 3. The Balaban J connectivity index is 1.28. The molecule has 6 rings (SSSR count). The van der Waals surface area contributed by atoms with Gasteiger partial charge in [-0.05, 0) is 17.7 Å². The molecular weight excluding hydrogens is 506 g/mol. The number of aliphatic hydroxyl groups is 1. The van der Waals surface area contributed by atoms with Gasteiger partial charge in [-0.3, -0.25) is 0 Å². The number of fused-ring (bicyclic) bond motifs is 2. The van der Waals surface area contributed by atoms with Crippen LogP contribution in [0.1, 0.15) is 0 Å². The Kier molecular flexibility index (Phi) is 5.73. The van der Waals surface area contributed by atoms with Gasteiger partial charge in [0.15, 0.2) is 21.6 Å². The van der Waals surface area contributed by atoms with Crippen molar-refractivity contribution in [3.8, 4) is 28.4 Å². The number of halogens is 1. The lowest BCUT2D eigenvalue weighted by atomic mass is 10.0. The molecule has 4 atom stereocenters. The first-order valence-electron chi connectivity index (χ1n) is 11.3. The number of sulfone groups is 1. The number of hydrogen-bond donors (Lipinski definition) is 2. The predicted octanol–water partition coefficient (Wildman–Crippen LogP) is 3.25. The van der Waals surface area contributed by atoms with Crippen LogP contribution >= 0.6 is 11.6 Å². The molecule has 2 N–H and O–H groups in total. The standard InChI is InChI=1S/C25H22ClN3O6S/c1-36(31,32)20-5-3-2-4-15(20)13-6-8-14(9-7-13)21-16(26)10-17-24(28-21)29-25(27-17)35-19-12-34-22-18(30)11-33-23(19)22/h2-10,18-19,22-23,30H,11-12H2,1H3,(H,27,28,29). The summed E-state index contributed by atoms with van der Waals surface area (Å²) in [6.45, 7) is 0.506. The number of hydrogen-bond acceptors (Lipinski definition) is 8. The molecule has 9 nitrogen and oxygen atoms in total. The zero-order valence-corrected chi connectivity index (χ0v) is 20.7. The van der Waals surface area contributed by atoms with Gasteiger partial charge in [0.2, 0.25) is 0 Å². The summed E-state index contributed by atoms with van der Waals surface area (Å²) in [7, 11) is -3.37. The number of aromatic nitrogens is 3. The van der Waals surface area contributed by atoms with Crippen molar-refractivity contribution in [2.45, 2.75) is 29.3 Å². The van der Waals surface area contributed by atoms with Gasteiger partial charge in [-0.1, -0.05) is 54.1 Å². The van der Waals surface area contributed by atoms with Gasteiger partial charge in [-0.25, -0.2) is 13.4 Å². The summed E-state index contributed by atoms with van der Waals surface area (Å²) < 4.78 is 41.5. The molecule has 4 heterocycles. The number of pyridine rings is 1. The molecule has 0 saturated carbocycles. The van der Waals surface area contributed by atoms with Gasteiger partial charge in [0.25, 0.3) is 6.01 Å². The van der Waals surface area contributed by atoms with E-state index in [1.807, 2.05) is 24.3 Å². The normalized spacial score (nSPS) is 23.8. The van der Waals surface area contributed by atoms with Crippen molar-refractivity contribution >= 4 is 32.6 Å². The molecule has 2 aliphatic rings. The molecule has 4 aromatic rings. The van der Waals surface area contributed by atoms with Crippen molar-refractivity contribution < 1.29 is 27.7 Å². The molecule has 0 aliphatic carbocycles. The number of aromatic amines is 1. The van der Waals surface area contributed by atoms with Gasteiger partial charge in [-0.2, -0.15) is 4.98 Å². The van der Waals surface area contributed by atoms with Crippen LogP contribution in [0, 0.1) is 0 Å². The number of nitrogens with zero attached hydrogens (tertiary/aromatic N) is 2. The van der Waals surface area contributed by atoms with Crippen LogP contribution in [0.25, 0.3) is 33.5 Å². The first kappa shape index (κ1) is 23.4. The molecule has 2 fully saturated rings. The lowest BCUT2D eigenvalue weighted by Crippen LogP contribution is -2.34. The molecule has 11 heteroatoms. The third kappa shape index (κ3) is 4.14. The summed E-state index contributed by atoms with van der Waals surface area (Å²) in [6, 6.07) is 16.3. The predicted molar refractivity (Wildman–Crippen MR) is 133 cm³/mol. The fourth-order valence-electron chi connectivity index (χ4n) is 4.68. The Morgan fingerprint density at radius 1 is 1.03 bits per heavy atom. The van der Waals surface area contributed by atoms with Gasteiger partial charge in [0.05, 0.1) is 34.3 Å². The van der Waals surface area contributed by atoms with Gasteiger partial charge < -0.3 is 24.3 Å². The van der Waals surface area contributed by atoms with E-state index in [4.69, 9.17) is 25.8 Å². The van der Waals surface area contributed by atoms with Gasteiger partial charge in [0, 0.05) is 17.4 Å². The van der Waals surface area contributed by atoms with E-state index in [0.717, 1.165) is 11.1 Å². The molecule has 2 aromatic carbocycles. The van der Waals surface area contributed by atoms with Crippen LogP contribution in [0.2, 0.25) is 5.02 Å². The van der Waals surface area contributed by atoms with E-state index in [-0.39, 0.29) is 30.2 Å². The summed E-state index contributed by atoms with van der Waals surface area (Å²) in [4.78, 5) is 12.4. The van der Waals surface area contributed by atoms with E-state index in [1.165, 1.54) is 6.26 Å². The minimum absolute atomic E-state index is 0.217. The SMILES string of the molecule is CS(=O)(=O)c1ccccc1-c1ccc(-c2nc3nc(OC4COC5C(O)COC45)[nH]c3cc2Cl)cc1. The lowest BCUT2D eigenvalue weighted by molar-refractivity contribution is 0.00706. The maximum atomic E-state index is 12.2. The monoisotopic (exact) mass is 527 g/mol. The fraction of sp³-hybridized carbons (Fsp3) is 0.280. The molecule has 2 aromatic heterocycles. The maximum absolute atomic E-state index is 12.2. The van der Waals surface area contributed by atoms with Crippen molar-refractivity contribution in [3.05, 3.63) is 59.6 Å². The molecule has 186 valence electrons. The van der Waals surface area contributed by atoms with Crippen molar-refractivity contribution in [3.63, 3.8) is 0 Å². The van der Waals surface area contributed by atoms with Crippen molar-refractivity contribution in [1.29, 1.82) is 0 Å². The Morgan fingerprint density at radius 3 is 2.53 bits per heavy atom. The Morgan fingerprint density at radius 2 is 1.75 bits per heavy atom. The highest BCUT2D eigenvalue weighted by molar-refractivity contribution is 7.90. The van der Waals surface area contributed by atoms with Crippen LogP contribution in [0.5, 0.6) is 6.01 Å². The zero-order chi connectivity index (χ0) is 25.0. The lowest BCUT2D eigenvalue weighted by Gasteiger charge is -2.15. The van der Waals surface area contributed by atoms with E-state index in [1.54, 1.807) is 30.3 Å². The smallest absolute Gasteiger partial charge is 0.296 e. The van der Waals surface area contributed by atoms with Crippen LogP contribution in [-0.2, 0) is 19.3 Å². The average Bonchev–Trinajstić information content (AvgIpc) is 3.55. The van der Waals surface area contributed by atoms with Crippen molar-refractivity contribution in [1.82, 2.24) is 15.0 Å². The number of H-pyrrole nitrogens is 1. The highest BCUT2D eigenvalue weighted by Gasteiger charge is 2.48. The summed E-state index contributed by atoms with van der Waals surface area (Å²) in [5.41, 5.74) is 3.74. The maximum Gasteiger partial charge on any atom is 0.296 e. The molecule has 2 aliphatic heterocycles. The van der Waals surface area contributed by atoms with Gasteiger partial charge >= 0.3 is 0 Å². The summed E-state index contributed by atoms with van der Waals surface area (Å²) in [5.74, 6) is 0. The molecule has 0 amide bonds. The number of benzene rings is 2. The van der Waals surface area contributed by atoms with Crippen LogP contribution in [-0.4, -0.2) is 72.4 Å². The number of imidazole rings is 1. The number of nitrogens with one attached hydrogen (secondary N) is 1. The van der Waals surface area contributed by atoms with Crippen LogP contribution in [0.15, 0.2) is 59.5 Å².